The Labute approximate surface area is 181 Å². The van der Waals surface area contributed by atoms with Crippen LogP contribution in [-0.2, 0) is 5.66 Å². The van der Waals surface area contributed by atoms with Gasteiger partial charge in [-0.15, -0.1) is 11.3 Å². The molecule has 2 aromatic heterocycles. The van der Waals surface area contributed by atoms with Crippen LogP contribution < -0.4 is 26.8 Å². The second-order valence-electron chi connectivity index (χ2n) is 8.24. The quantitative estimate of drug-likeness (QED) is 0.425. The standard InChI is InChI=1S/C21H21N5O4S/c1-9-6-12(19(28)26-15(9)17(27)25-21(26,2)3)24-16-14-11-5-4-10(20(29)30)7-13(11)31-18(14)23-8-22-16/h4-7,16,22-24H,8H2,1-3H3,(H,25,27)(H,29,30). The normalized spacial score (nSPS) is 18.8. The van der Waals surface area contributed by atoms with E-state index in [1.54, 1.807) is 38.1 Å². The van der Waals surface area contributed by atoms with Gasteiger partial charge in [0.15, 0.2) is 0 Å². The molecule has 1 atom stereocenters. The van der Waals surface area contributed by atoms with Crippen LogP contribution in [0.3, 0.4) is 0 Å². The second kappa shape index (κ2) is 6.56. The molecular weight excluding hydrogens is 418 g/mol. The van der Waals surface area contributed by atoms with Crippen molar-refractivity contribution in [3.63, 3.8) is 0 Å². The number of nitrogens with zero attached hydrogens (tertiary/aromatic N) is 1. The average molecular weight is 439 g/mol. The molecule has 0 spiro atoms. The van der Waals surface area contributed by atoms with Crippen molar-refractivity contribution < 1.29 is 14.7 Å². The van der Waals surface area contributed by atoms with Crippen molar-refractivity contribution in [3.05, 3.63) is 57.0 Å². The lowest BCUT2D eigenvalue weighted by Crippen LogP contribution is -2.43. The van der Waals surface area contributed by atoms with Crippen molar-refractivity contribution in [3.8, 4) is 0 Å². The van der Waals surface area contributed by atoms with Gasteiger partial charge in [-0.2, -0.15) is 0 Å². The van der Waals surface area contributed by atoms with Crippen LogP contribution in [0.1, 0.15) is 52.0 Å². The summed E-state index contributed by atoms with van der Waals surface area (Å²) in [6.45, 7) is 5.88. The zero-order valence-corrected chi connectivity index (χ0v) is 17.9. The van der Waals surface area contributed by atoms with Gasteiger partial charge in [0.05, 0.1) is 17.2 Å². The van der Waals surface area contributed by atoms with E-state index in [0.29, 0.717) is 23.6 Å². The second-order valence-corrected chi connectivity index (χ2v) is 9.29. The molecule has 0 bridgehead atoms. The third kappa shape index (κ3) is 2.90. The Hall–Kier alpha value is -3.37. The number of pyridine rings is 1. The van der Waals surface area contributed by atoms with E-state index in [1.165, 1.54) is 15.9 Å². The number of thiophene rings is 1. The summed E-state index contributed by atoms with van der Waals surface area (Å²) in [6.07, 6.45) is -0.361. The van der Waals surface area contributed by atoms with Crippen molar-refractivity contribution in [1.29, 1.82) is 0 Å². The molecule has 1 amide bonds. The topological polar surface area (TPSA) is 124 Å². The number of aromatic carboxylic acids is 1. The molecule has 5 N–H and O–H groups in total. The van der Waals surface area contributed by atoms with Gasteiger partial charge in [-0.05, 0) is 44.5 Å². The highest BCUT2D eigenvalue weighted by Gasteiger charge is 2.38. The summed E-state index contributed by atoms with van der Waals surface area (Å²) in [6, 6.07) is 6.74. The van der Waals surface area contributed by atoms with E-state index in [1.807, 2.05) is 6.92 Å². The lowest BCUT2D eigenvalue weighted by Gasteiger charge is -2.28. The fourth-order valence-corrected chi connectivity index (χ4v) is 5.51. The zero-order valence-electron chi connectivity index (χ0n) is 17.1. The monoisotopic (exact) mass is 439 g/mol. The van der Waals surface area contributed by atoms with Crippen molar-refractivity contribution in [2.75, 3.05) is 17.3 Å². The fraction of sp³-hybridized carbons (Fsp3) is 0.286. The largest absolute Gasteiger partial charge is 0.478 e. The number of aromatic nitrogens is 1. The number of carboxylic acids is 1. The third-order valence-corrected chi connectivity index (χ3v) is 6.83. The first-order valence-electron chi connectivity index (χ1n) is 9.80. The molecule has 0 aliphatic carbocycles. The molecule has 5 rings (SSSR count). The van der Waals surface area contributed by atoms with Crippen molar-refractivity contribution in [2.24, 2.45) is 0 Å². The number of hydrogen-bond acceptors (Lipinski definition) is 7. The number of fused-ring (bicyclic) bond motifs is 4. The average Bonchev–Trinajstić information content (AvgIpc) is 3.19. The molecule has 1 aromatic carbocycles. The Kier molecular flexibility index (Phi) is 4.15. The van der Waals surface area contributed by atoms with Crippen molar-refractivity contribution in [2.45, 2.75) is 32.6 Å². The van der Waals surface area contributed by atoms with Gasteiger partial charge in [-0.1, -0.05) is 6.07 Å². The molecule has 31 heavy (non-hydrogen) atoms. The zero-order chi connectivity index (χ0) is 22.1. The fourth-order valence-electron chi connectivity index (χ4n) is 4.34. The van der Waals surface area contributed by atoms with E-state index in [2.05, 4.69) is 21.3 Å². The lowest BCUT2D eigenvalue weighted by molar-refractivity contribution is 0.0696. The Bertz CT molecular complexity index is 1340. The molecule has 0 saturated heterocycles. The maximum Gasteiger partial charge on any atom is 0.335 e. The summed E-state index contributed by atoms with van der Waals surface area (Å²) in [4.78, 5) is 37.0. The van der Waals surface area contributed by atoms with Crippen LogP contribution in [0, 0.1) is 6.92 Å². The van der Waals surface area contributed by atoms with Crippen LogP contribution >= 0.6 is 11.3 Å². The third-order valence-electron chi connectivity index (χ3n) is 5.70. The summed E-state index contributed by atoms with van der Waals surface area (Å²) in [5.41, 5.74) is 1.54. The van der Waals surface area contributed by atoms with Crippen LogP contribution in [0.2, 0.25) is 0 Å². The molecular formula is C21H21N5O4S. The molecule has 2 aliphatic rings. The Morgan fingerprint density at radius 1 is 1.29 bits per heavy atom. The van der Waals surface area contributed by atoms with Crippen LogP contribution in [0.15, 0.2) is 29.1 Å². The minimum absolute atomic E-state index is 0.232. The van der Waals surface area contributed by atoms with Gasteiger partial charge in [-0.3, -0.25) is 19.5 Å². The minimum Gasteiger partial charge on any atom is -0.478 e. The summed E-state index contributed by atoms with van der Waals surface area (Å²) < 4.78 is 2.35. The number of carbonyl (C=O) groups is 2. The number of rotatable bonds is 3. The van der Waals surface area contributed by atoms with Crippen LogP contribution in [-0.4, -0.2) is 28.2 Å². The van der Waals surface area contributed by atoms with Gasteiger partial charge >= 0.3 is 5.97 Å². The van der Waals surface area contributed by atoms with Crippen molar-refractivity contribution >= 4 is 44.0 Å². The SMILES string of the molecule is Cc1cc(NC2NCNc3sc4cc(C(=O)O)ccc4c32)c(=O)n2c1C(=O)NC2(C)C. The predicted octanol–water partition coefficient (Wildman–Crippen LogP) is 2.59. The Morgan fingerprint density at radius 3 is 2.81 bits per heavy atom. The van der Waals surface area contributed by atoms with E-state index < -0.39 is 11.6 Å². The van der Waals surface area contributed by atoms with Gasteiger partial charge in [-0.25, -0.2) is 4.79 Å². The molecule has 0 fully saturated rings. The van der Waals surface area contributed by atoms with Gasteiger partial charge < -0.3 is 21.1 Å². The molecule has 2 aliphatic heterocycles. The van der Waals surface area contributed by atoms with Gasteiger partial charge in [0.25, 0.3) is 11.5 Å². The number of benzene rings is 1. The molecule has 3 aromatic rings. The minimum atomic E-state index is -0.971. The number of amides is 1. The van der Waals surface area contributed by atoms with Gasteiger partial charge in [0.1, 0.15) is 23.2 Å². The predicted molar refractivity (Wildman–Crippen MR) is 119 cm³/mol. The molecule has 4 heterocycles. The summed E-state index contributed by atoms with van der Waals surface area (Å²) in [5.74, 6) is -1.23. The van der Waals surface area contributed by atoms with E-state index in [4.69, 9.17) is 0 Å². The highest BCUT2D eigenvalue weighted by atomic mass is 32.1. The van der Waals surface area contributed by atoms with E-state index in [9.17, 15) is 19.5 Å². The van der Waals surface area contributed by atoms with Crippen molar-refractivity contribution in [1.82, 2.24) is 15.2 Å². The highest BCUT2D eigenvalue weighted by Crippen LogP contribution is 2.41. The summed E-state index contributed by atoms with van der Waals surface area (Å²) >= 11 is 1.48. The molecule has 9 nitrogen and oxygen atoms in total. The Morgan fingerprint density at radius 2 is 2.06 bits per heavy atom. The Balaban J connectivity index is 1.60. The number of anilines is 2. The van der Waals surface area contributed by atoms with Crippen LogP contribution in [0.4, 0.5) is 10.7 Å². The summed E-state index contributed by atoms with van der Waals surface area (Å²) in [5, 5.41) is 23.9. The summed E-state index contributed by atoms with van der Waals surface area (Å²) in [7, 11) is 0. The molecule has 1 unspecified atom stereocenters. The first-order valence-corrected chi connectivity index (χ1v) is 10.6. The smallest absolute Gasteiger partial charge is 0.335 e. The lowest BCUT2D eigenvalue weighted by atomic mass is 10.1. The molecule has 160 valence electrons. The van der Waals surface area contributed by atoms with E-state index in [-0.39, 0.29) is 23.2 Å². The first-order chi connectivity index (χ1) is 14.7. The van der Waals surface area contributed by atoms with E-state index in [0.717, 1.165) is 20.7 Å². The molecule has 10 heteroatoms. The first kappa shape index (κ1) is 19.6. The maximum atomic E-state index is 13.3. The van der Waals surface area contributed by atoms with Gasteiger partial charge in [0, 0.05) is 15.6 Å². The van der Waals surface area contributed by atoms with Crippen LogP contribution in [0.25, 0.3) is 10.1 Å². The molecule has 0 saturated carbocycles. The van der Waals surface area contributed by atoms with Gasteiger partial charge in [0.2, 0.25) is 0 Å². The van der Waals surface area contributed by atoms with Crippen LogP contribution in [0.5, 0.6) is 0 Å². The number of aryl methyl sites for hydroxylation is 1. The number of nitrogens with one attached hydrogen (secondary N) is 4. The molecule has 0 radical (unpaired) electrons. The van der Waals surface area contributed by atoms with E-state index >= 15 is 0 Å². The number of hydrogen-bond donors (Lipinski definition) is 5. The highest BCUT2D eigenvalue weighted by molar-refractivity contribution is 7.23. The number of carbonyl (C=O) groups excluding carboxylic acids is 1. The maximum absolute atomic E-state index is 13.3. The number of carboxylic acid groups (broad SMARTS) is 1.